The molecule has 2 aromatic carbocycles. The minimum absolute atomic E-state index is 0.102. The molecule has 26 heavy (non-hydrogen) atoms. The second kappa shape index (κ2) is 7.92. The molecule has 1 aromatic heterocycles. The molecule has 0 radical (unpaired) electrons. The van der Waals surface area contributed by atoms with Gasteiger partial charge in [0.15, 0.2) is 11.0 Å². The molecule has 3 rings (SSSR count). The van der Waals surface area contributed by atoms with Gasteiger partial charge in [-0.25, -0.2) is 0 Å². The Bertz CT molecular complexity index is 926. The van der Waals surface area contributed by atoms with Crippen molar-refractivity contribution in [2.75, 3.05) is 18.2 Å². The van der Waals surface area contributed by atoms with Crippen molar-refractivity contribution in [3.63, 3.8) is 0 Å². The van der Waals surface area contributed by atoms with E-state index in [9.17, 15) is 9.90 Å². The van der Waals surface area contributed by atoms with Crippen LogP contribution in [0.5, 0.6) is 11.5 Å². The smallest absolute Gasteiger partial charge is 0.234 e. The number of rotatable bonds is 6. The Hall–Kier alpha value is -3.00. The Morgan fingerprint density at radius 2 is 2.04 bits per heavy atom. The van der Waals surface area contributed by atoms with Crippen LogP contribution in [0, 0.1) is 0 Å². The van der Waals surface area contributed by atoms with Crippen LogP contribution in [0.2, 0.25) is 0 Å². The minimum Gasteiger partial charge on any atom is -0.508 e. The van der Waals surface area contributed by atoms with E-state index in [0.29, 0.717) is 22.4 Å². The number of thioether (sulfide) groups is 1. The van der Waals surface area contributed by atoms with Gasteiger partial charge in [-0.3, -0.25) is 4.79 Å². The molecule has 0 aliphatic rings. The van der Waals surface area contributed by atoms with Crippen LogP contribution in [0.3, 0.4) is 0 Å². The van der Waals surface area contributed by atoms with Crippen LogP contribution in [0.4, 0.5) is 5.69 Å². The fourth-order valence-electron chi connectivity index (χ4n) is 2.42. The third-order valence-corrected chi connectivity index (χ3v) is 4.67. The van der Waals surface area contributed by atoms with E-state index in [4.69, 9.17) is 4.74 Å². The lowest BCUT2D eigenvalue weighted by Crippen LogP contribution is -2.14. The quantitative estimate of drug-likeness (QED) is 0.649. The number of para-hydroxylation sites is 1. The number of benzene rings is 2. The highest BCUT2D eigenvalue weighted by molar-refractivity contribution is 7.99. The zero-order chi connectivity index (χ0) is 18.5. The van der Waals surface area contributed by atoms with Crippen molar-refractivity contribution in [1.29, 1.82) is 0 Å². The van der Waals surface area contributed by atoms with E-state index in [1.54, 1.807) is 25.3 Å². The van der Waals surface area contributed by atoms with Crippen LogP contribution in [0.25, 0.3) is 11.4 Å². The Morgan fingerprint density at radius 3 is 2.81 bits per heavy atom. The van der Waals surface area contributed by atoms with Gasteiger partial charge in [0.05, 0.1) is 18.4 Å². The number of aromatic nitrogens is 3. The second-order valence-electron chi connectivity index (χ2n) is 5.45. The number of anilines is 1. The zero-order valence-electron chi connectivity index (χ0n) is 14.3. The predicted molar refractivity (Wildman–Crippen MR) is 100 cm³/mol. The first kappa shape index (κ1) is 17.8. The van der Waals surface area contributed by atoms with Crippen LogP contribution in [0.1, 0.15) is 0 Å². The van der Waals surface area contributed by atoms with Gasteiger partial charge in [-0.1, -0.05) is 30.0 Å². The van der Waals surface area contributed by atoms with Crippen molar-refractivity contribution in [3.05, 3.63) is 48.5 Å². The van der Waals surface area contributed by atoms with Gasteiger partial charge in [0.2, 0.25) is 5.91 Å². The standard InChI is InChI=1S/C18H18N4O3S/c1-22-17(14-8-3-4-9-15(14)25-2)20-21-18(22)26-11-16(24)19-12-6-5-7-13(23)10-12/h3-10,23H,11H2,1-2H3,(H,19,24). The summed E-state index contributed by atoms with van der Waals surface area (Å²) in [6.45, 7) is 0. The lowest BCUT2D eigenvalue weighted by atomic mass is 10.2. The molecule has 0 spiro atoms. The maximum absolute atomic E-state index is 12.1. The number of carbonyl (C=O) groups excluding carboxylic acids is 1. The number of hydrogen-bond donors (Lipinski definition) is 2. The molecule has 3 aromatic rings. The molecule has 2 N–H and O–H groups in total. The van der Waals surface area contributed by atoms with E-state index >= 15 is 0 Å². The van der Waals surface area contributed by atoms with Gasteiger partial charge in [-0.15, -0.1) is 10.2 Å². The summed E-state index contributed by atoms with van der Waals surface area (Å²) >= 11 is 1.28. The fraction of sp³-hybridized carbons (Fsp3) is 0.167. The molecule has 0 saturated heterocycles. The lowest BCUT2D eigenvalue weighted by Gasteiger charge is -2.08. The molecular weight excluding hydrogens is 352 g/mol. The predicted octanol–water partition coefficient (Wildman–Crippen LogP) is 2.93. The third-order valence-electron chi connectivity index (χ3n) is 3.65. The topological polar surface area (TPSA) is 89.3 Å². The molecule has 8 heteroatoms. The van der Waals surface area contributed by atoms with Gasteiger partial charge in [-0.2, -0.15) is 0 Å². The van der Waals surface area contributed by atoms with Crippen molar-refractivity contribution in [3.8, 4) is 22.9 Å². The highest BCUT2D eigenvalue weighted by atomic mass is 32.2. The SMILES string of the molecule is COc1ccccc1-c1nnc(SCC(=O)Nc2cccc(O)c2)n1C. The van der Waals surface area contributed by atoms with Gasteiger partial charge in [0.25, 0.3) is 0 Å². The van der Waals surface area contributed by atoms with Crippen LogP contribution in [-0.4, -0.2) is 38.6 Å². The van der Waals surface area contributed by atoms with Crippen LogP contribution in [-0.2, 0) is 11.8 Å². The Labute approximate surface area is 155 Å². The van der Waals surface area contributed by atoms with E-state index in [1.807, 2.05) is 35.9 Å². The normalized spacial score (nSPS) is 10.5. The number of carbonyl (C=O) groups is 1. The third kappa shape index (κ3) is 3.97. The fourth-order valence-corrected chi connectivity index (χ4v) is 3.13. The number of phenols is 1. The number of hydrogen-bond acceptors (Lipinski definition) is 6. The summed E-state index contributed by atoms with van der Waals surface area (Å²) in [5.41, 5.74) is 1.38. The van der Waals surface area contributed by atoms with Gasteiger partial charge in [-0.05, 0) is 24.3 Å². The van der Waals surface area contributed by atoms with E-state index in [2.05, 4.69) is 15.5 Å². The highest BCUT2D eigenvalue weighted by Crippen LogP contribution is 2.30. The van der Waals surface area contributed by atoms with Crippen molar-refractivity contribution in [2.24, 2.45) is 7.05 Å². The number of aromatic hydroxyl groups is 1. The number of phenolic OH excluding ortho intramolecular Hbond substituents is 1. The first-order chi connectivity index (χ1) is 12.6. The monoisotopic (exact) mass is 370 g/mol. The molecule has 0 unspecified atom stereocenters. The summed E-state index contributed by atoms with van der Waals surface area (Å²) < 4.78 is 7.19. The van der Waals surface area contributed by atoms with Crippen molar-refractivity contribution >= 4 is 23.4 Å². The van der Waals surface area contributed by atoms with Crippen LogP contribution in [0.15, 0.2) is 53.7 Å². The number of amides is 1. The summed E-state index contributed by atoms with van der Waals surface area (Å²) in [5, 5.41) is 21.2. The number of nitrogens with zero attached hydrogens (tertiary/aromatic N) is 3. The van der Waals surface area contributed by atoms with Crippen LogP contribution < -0.4 is 10.1 Å². The number of nitrogens with one attached hydrogen (secondary N) is 1. The zero-order valence-corrected chi connectivity index (χ0v) is 15.2. The Balaban J connectivity index is 1.68. The highest BCUT2D eigenvalue weighted by Gasteiger charge is 2.15. The van der Waals surface area contributed by atoms with Gasteiger partial charge in [0, 0.05) is 18.8 Å². The van der Waals surface area contributed by atoms with E-state index in [-0.39, 0.29) is 17.4 Å². The lowest BCUT2D eigenvalue weighted by molar-refractivity contribution is -0.113. The van der Waals surface area contributed by atoms with Gasteiger partial charge >= 0.3 is 0 Å². The number of methoxy groups -OCH3 is 1. The summed E-state index contributed by atoms with van der Waals surface area (Å²) in [6.07, 6.45) is 0. The molecule has 0 atom stereocenters. The van der Waals surface area contributed by atoms with E-state index in [1.165, 1.54) is 17.8 Å². The molecule has 134 valence electrons. The summed E-state index contributed by atoms with van der Waals surface area (Å²) in [5.74, 6) is 1.46. The summed E-state index contributed by atoms with van der Waals surface area (Å²) in [7, 11) is 3.45. The van der Waals surface area contributed by atoms with Gasteiger partial charge < -0.3 is 19.7 Å². The van der Waals surface area contributed by atoms with E-state index in [0.717, 1.165) is 5.56 Å². The first-order valence-electron chi connectivity index (χ1n) is 7.83. The largest absolute Gasteiger partial charge is 0.508 e. The molecule has 0 saturated carbocycles. The van der Waals surface area contributed by atoms with Crippen molar-refractivity contribution < 1.29 is 14.6 Å². The molecule has 1 amide bonds. The van der Waals surface area contributed by atoms with Crippen molar-refractivity contribution in [1.82, 2.24) is 14.8 Å². The first-order valence-corrected chi connectivity index (χ1v) is 8.81. The second-order valence-corrected chi connectivity index (χ2v) is 6.40. The molecule has 0 bridgehead atoms. The maximum atomic E-state index is 12.1. The Kier molecular flexibility index (Phi) is 5.43. The molecule has 0 aliphatic carbocycles. The Morgan fingerprint density at radius 1 is 1.23 bits per heavy atom. The average Bonchev–Trinajstić information content (AvgIpc) is 3.00. The molecule has 0 aliphatic heterocycles. The van der Waals surface area contributed by atoms with Crippen molar-refractivity contribution in [2.45, 2.75) is 5.16 Å². The van der Waals surface area contributed by atoms with E-state index < -0.39 is 0 Å². The maximum Gasteiger partial charge on any atom is 0.234 e. The van der Waals surface area contributed by atoms with Crippen LogP contribution >= 0.6 is 11.8 Å². The number of ether oxygens (including phenoxy) is 1. The average molecular weight is 370 g/mol. The molecule has 7 nitrogen and oxygen atoms in total. The molecule has 0 fully saturated rings. The molecular formula is C18H18N4O3S. The summed E-state index contributed by atoms with van der Waals surface area (Å²) in [6, 6.07) is 14.0. The molecule has 1 heterocycles. The minimum atomic E-state index is -0.192. The summed E-state index contributed by atoms with van der Waals surface area (Å²) in [4.78, 5) is 12.1. The van der Waals surface area contributed by atoms with Gasteiger partial charge in [0.1, 0.15) is 11.5 Å².